The van der Waals surface area contributed by atoms with Crippen LogP contribution in [0.4, 0.5) is 0 Å². The number of rotatable bonds is 3. The molecule has 0 bridgehead atoms. The first-order chi connectivity index (χ1) is 30.4. The summed E-state index contributed by atoms with van der Waals surface area (Å²) >= 11 is 0. The largest absolute Gasteiger partial charge is 3.00 e. The third kappa shape index (κ3) is 11.9. The molecule has 0 aliphatic carbocycles. The van der Waals surface area contributed by atoms with Crippen molar-refractivity contribution < 1.29 is 39.9 Å². The van der Waals surface area contributed by atoms with Gasteiger partial charge in [0.15, 0.2) is 0 Å². The Hall–Kier alpha value is -7.99. The number of fused-ring (bicyclic) bond motifs is 5. The third-order valence-corrected chi connectivity index (χ3v) is 9.71. The summed E-state index contributed by atoms with van der Waals surface area (Å²) in [6, 6.07) is 56.0. The number of carbonyl (C=O) groups is 3. The Morgan fingerprint density at radius 3 is 0.938 bits per heavy atom. The number of aromatic hydroxyl groups is 2. The van der Waals surface area contributed by atoms with Gasteiger partial charge in [-0.1, -0.05) is 164 Å². The van der Waals surface area contributed by atoms with E-state index < -0.39 is 17.9 Å². The molecule has 0 aliphatic heterocycles. The predicted molar refractivity (Wildman–Crippen MR) is 247 cm³/mol. The molecule has 0 fully saturated rings. The van der Waals surface area contributed by atoms with Gasteiger partial charge in [0.2, 0.25) is 0 Å². The van der Waals surface area contributed by atoms with E-state index in [0.717, 1.165) is 54.5 Å². The number of hydrogen-bond donors (Lipinski definition) is 2. The number of aromatic carboxylic acids is 3. The second-order valence-electron chi connectivity index (χ2n) is 14.0. The van der Waals surface area contributed by atoms with Crippen LogP contribution in [-0.2, 0) is 0 Å². The van der Waals surface area contributed by atoms with Crippen LogP contribution in [0.25, 0.3) is 54.1 Å². The zero-order chi connectivity index (χ0) is 44.9. The normalized spacial score (nSPS) is 10.1. The number of carboxylic acids is 3. The zero-order valence-corrected chi connectivity index (χ0v) is 37.1. The molecule has 10 rings (SSSR count). The number of aryl methyl sites for hydroxylation is 2. The molecule has 8 aromatic carbocycles. The smallest absolute Gasteiger partial charge is 0.545 e. The van der Waals surface area contributed by atoms with Gasteiger partial charge in [-0.3, -0.25) is 0 Å². The van der Waals surface area contributed by atoms with E-state index in [2.05, 4.69) is 9.97 Å². The Kier molecular flexibility index (Phi) is 16.3. The van der Waals surface area contributed by atoms with E-state index in [-0.39, 0.29) is 48.0 Å². The summed E-state index contributed by atoms with van der Waals surface area (Å²) in [7, 11) is 0. The molecule has 2 heterocycles. The van der Waals surface area contributed by atoms with E-state index in [0.29, 0.717) is 11.0 Å². The molecule has 0 saturated carbocycles. The summed E-state index contributed by atoms with van der Waals surface area (Å²) in [5, 5.41) is 57.9. The molecule has 0 spiro atoms. The molecule has 10 aromatic rings. The molecule has 64 heavy (non-hydrogen) atoms. The molecule has 0 unspecified atom stereocenters. The number of para-hydroxylation sites is 2. The molecule has 0 aliphatic rings. The summed E-state index contributed by atoms with van der Waals surface area (Å²) in [5.74, 6) is -2.89. The molecular formula is C53H39GaN2O8. The minimum absolute atomic E-state index is 0. The van der Waals surface area contributed by atoms with Crippen molar-refractivity contribution in [3.8, 4) is 11.5 Å². The predicted octanol–water partition coefficient (Wildman–Crippen LogP) is 7.73. The Morgan fingerprint density at radius 1 is 0.359 bits per heavy atom. The standard InChI is InChI=1S/3C11H8O2.2C10H9NO.Ga/c3*12-11(13)10-7-3-5-8-4-1-2-6-9(8)10;2*1-7-5-6-8-3-2-4-9(12)10(8)11-7;/h3*1-7H,(H,12,13);2*2-6,12H,1H3;/q;;;;;+3/p-3. The van der Waals surface area contributed by atoms with Crippen LogP contribution >= 0.6 is 0 Å². The maximum atomic E-state index is 10.7. The first kappa shape index (κ1) is 47.1. The van der Waals surface area contributed by atoms with Crippen molar-refractivity contribution >= 4 is 91.8 Å². The van der Waals surface area contributed by atoms with Gasteiger partial charge in [0.1, 0.15) is 22.5 Å². The van der Waals surface area contributed by atoms with Gasteiger partial charge in [-0.2, -0.15) is 0 Å². The molecular weight excluding hydrogens is 862 g/mol. The monoisotopic (exact) mass is 900 g/mol. The molecule has 11 heteroatoms. The van der Waals surface area contributed by atoms with Crippen LogP contribution in [-0.4, -0.2) is 57.9 Å². The first-order valence-corrected chi connectivity index (χ1v) is 19.6. The van der Waals surface area contributed by atoms with E-state index >= 15 is 0 Å². The zero-order valence-electron chi connectivity index (χ0n) is 34.7. The maximum absolute atomic E-state index is 10.7. The summed E-state index contributed by atoms with van der Waals surface area (Å²) in [5.41, 5.74) is 3.94. The van der Waals surface area contributed by atoms with E-state index in [1.807, 2.05) is 135 Å². The molecule has 10 nitrogen and oxygen atoms in total. The molecule has 2 aromatic heterocycles. The Bertz CT molecular complexity index is 2930. The fourth-order valence-electron chi connectivity index (χ4n) is 6.67. The Balaban J connectivity index is 0.000000150. The molecule has 0 saturated heterocycles. The molecule has 0 radical (unpaired) electrons. The van der Waals surface area contributed by atoms with Crippen LogP contribution in [0.1, 0.15) is 42.5 Å². The van der Waals surface area contributed by atoms with Crippen molar-refractivity contribution in [2.45, 2.75) is 13.8 Å². The summed E-state index contributed by atoms with van der Waals surface area (Å²) in [4.78, 5) is 40.6. The molecule has 0 atom stereocenters. The second kappa shape index (κ2) is 22.2. The first-order valence-electron chi connectivity index (χ1n) is 19.6. The average molecular weight is 902 g/mol. The minimum Gasteiger partial charge on any atom is -0.545 e. The van der Waals surface area contributed by atoms with Crippen LogP contribution in [0.5, 0.6) is 11.5 Å². The van der Waals surface area contributed by atoms with Crippen molar-refractivity contribution in [1.82, 2.24) is 9.97 Å². The van der Waals surface area contributed by atoms with Gasteiger partial charge in [-0.15, -0.1) is 0 Å². The summed E-state index contributed by atoms with van der Waals surface area (Å²) in [6.07, 6.45) is 0. The van der Waals surface area contributed by atoms with Gasteiger partial charge in [0, 0.05) is 38.9 Å². The molecule has 312 valence electrons. The summed E-state index contributed by atoms with van der Waals surface area (Å²) < 4.78 is 0. The van der Waals surface area contributed by atoms with Crippen LogP contribution < -0.4 is 15.3 Å². The van der Waals surface area contributed by atoms with Crippen molar-refractivity contribution in [1.29, 1.82) is 0 Å². The fraction of sp³-hybridized carbons (Fsp3) is 0.0377. The quantitative estimate of drug-likeness (QED) is 0.166. The Morgan fingerprint density at radius 2 is 0.625 bits per heavy atom. The number of carbonyl (C=O) groups excluding carboxylic acids is 3. The van der Waals surface area contributed by atoms with E-state index in [9.17, 15) is 39.9 Å². The van der Waals surface area contributed by atoms with Crippen LogP contribution in [0, 0.1) is 13.8 Å². The maximum Gasteiger partial charge on any atom is 3.00 e. The number of carboxylic acid groups (broad SMARTS) is 3. The summed E-state index contributed by atoms with van der Waals surface area (Å²) in [6.45, 7) is 3.82. The van der Waals surface area contributed by atoms with Gasteiger partial charge >= 0.3 is 19.8 Å². The van der Waals surface area contributed by atoms with Crippen LogP contribution in [0.15, 0.2) is 188 Å². The van der Waals surface area contributed by atoms with Crippen molar-refractivity contribution in [3.63, 3.8) is 0 Å². The van der Waals surface area contributed by atoms with Gasteiger partial charge < -0.3 is 39.9 Å². The van der Waals surface area contributed by atoms with Gasteiger partial charge in [0.25, 0.3) is 0 Å². The van der Waals surface area contributed by atoms with E-state index in [1.165, 1.54) is 0 Å². The second-order valence-corrected chi connectivity index (χ2v) is 14.0. The van der Waals surface area contributed by atoms with Crippen molar-refractivity contribution in [2.24, 2.45) is 0 Å². The van der Waals surface area contributed by atoms with Crippen LogP contribution in [0.2, 0.25) is 0 Å². The number of hydrogen-bond acceptors (Lipinski definition) is 10. The fourth-order valence-corrected chi connectivity index (χ4v) is 6.67. The minimum atomic E-state index is -1.13. The van der Waals surface area contributed by atoms with E-state index in [1.54, 1.807) is 66.7 Å². The van der Waals surface area contributed by atoms with Crippen molar-refractivity contribution in [3.05, 3.63) is 216 Å². The van der Waals surface area contributed by atoms with Gasteiger partial charge in [-0.25, -0.2) is 9.97 Å². The van der Waals surface area contributed by atoms with Gasteiger partial charge in [-0.05, 0) is 70.4 Å². The number of benzene rings is 8. The average Bonchev–Trinajstić information content (AvgIpc) is 3.30. The SMILES string of the molecule is Cc1ccc2cccc(O)c2n1.Cc1ccc2cccc(O)c2n1.O=C([O-])c1cccc2ccccc12.O=C([O-])c1cccc2ccccc12.O=C([O-])c1cccc2ccccc12.[Ga+3]. The van der Waals surface area contributed by atoms with Crippen LogP contribution in [0.3, 0.4) is 0 Å². The number of nitrogens with zero attached hydrogens (tertiary/aromatic N) is 2. The number of phenolic OH excluding ortho intramolecular Hbond substituents is 2. The number of phenols is 2. The topological polar surface area (TPSA) is 187 Å². The van der Waals surface area contributed by atoms with E-state index in [4.69, 9.17) is 0 Å². The number of aromatic nitrogens is 2. The van der Waals surface area contributed by atoms with Crippen molar-refractivity contribution in [2.75, 3.05) is 0 Å². The van der Waals surface area contributed by atoms with Gasteiger partial charge in [0.05, 0.1) is 17.9 Å². The number of pyridine rings is 2. The molecule has 2 N–H and O–H groups in total. The molecule has 0 amide bonds. The third-order valence-electron chi connectivity index (χ3n) is 9.71. The Labute approximate surface area is 381 Å².